The number of nitrogens with one attached hydrogen (secondary N) is 4. The van der Waals surface area contributed by atoms with Crippen LogP contribution in [-0.4, -0.2) is 34.7 Å². The zero-order chi connectivity index (χ0) is 22.5. The summed E-state index contributed by atoms with van der Waals surface area (Å²) in [7, 11) is 1.38. The molecule has 1 aliphatic rings. The van der Waals surface area contributed by atoms with E-state index in [1.54, 1.807) is 6.20 Å². The van der Waals surface area contributed by atoms with E-state index < -0.39 is 11.9 Å². The molecule has 2 heterocycles. The van der Waals surface area contributed by atoms with E-state index >= 15 is 0 Å². The van der Waals surface area contributed by atoms with Crippen LogP contribution in [0.15, 0.2) is 90.4 Å². The van der Waals surface area contributed by atoms with Gasteiger partial charge in [-0.2, -0.15) is 0 Å². The molecular formula is C24H22N6O2. The molecule has 32 heavy (non-hydrogen) atoms. The van der Waals surface area contributed by atoms with Crippen LogP contribution in [0.4, 0.5) is 10.5 Å². The number of carbonyl (C=O) groups excluding carboxylic acids is 2. The number of urea groups is 1. The summed E-state index contributed by atoms with van der Waals surface area (Å²) in [4.78, 5) is 29.9. The molecule has 0 aliphatic carbocycles. The number of carbonyl (C=O) groups is 2. The first-order valence-electron chi connectivity index (χ1n) is 10.0. The maximum Gasteiger partial charge on any atom is 0.329 e. The number of hydrogen-bond donors (Lipinski definition) is 4. The van der Waals surface area contributed by atoms with Gasteiger partial charge in [0.05, 0.1) is 5.69 Å². The Bertz CT molecular complexity index is 1170. The van der Waals surface area contributed by atoms with Gasteiger partial charge in [0.25, 0.3) is 5.91 Å². The van der Waals surface area contributed by atoms with Crippen LogP contribution in [0, 0.1) is 5.41 Å². The monoisotopic (exact) mass is 426 g/mol. The Labute approximate surface area is 185 Å². The smallest absolute Gasteiger partial charge is 0.329 e. The summed E-state index contributed by atoms with van der Waals surface area (Å²) >= 11 is 0. The number of rotatable bonds is 6. The van der Waals surface area contributed by atoms with Crippen LogP contribution in [0.2, 0.25) is 0 Å². The molecule has 0 spiro atoms. The molecule has 3 aromatic rings. The molecule has 0 radical (unpaired) electrons. The van der Waals surface area contributed by atoms with Crippen molar-refractivity contribution in [1.29, 1.82) is 5.41 Å². The zero-order valence-corrected chi connectivity index (χ0v) is 17.4. The summed E-state index contributed by atoms with van der Waals surface area (Å²) < 4.78 is 0. The van der Waals surface area contributed by atoms with E-state index in [-0.39, 0.29) is 11.4 Å². The Hall–Kier alpha value is -4.46. The molecule has 8 nitrogen and oxygen atoms in total. The molecule has 0 unspecified atom stereocenters. The van der Waals surface area contributed by atoms with Crippen LogP contribution in [0.3, 0.4) is 0 Å². The molecule has 1 aliphatic heterocycles. The van der Waals surface area contributed by atoms with Crippen molar-refractivity contribution in [2.24, 2.45) is 0 Å². The number of anilines is 1. The third-order valence-electron chi connectivity index (χ3n) is 4.98. The van der Waals surface area contributed by atoms with Crippen LogP contribution in [-0.2, 0) is 11.3 Å². The van der Waals surface area contributed by atoms with Crippen molar-refractivity contribution >= 4 is 23.5 Å². The Kier molecular flexibility index (Phi) is 5.94. The van der Waals surface area contributed by atoms with Crippen LogP contribution >= 0.6 is 0 Å². The van der Waals surface area contributed by atoms with Crippen LogP contribution < -0.4 is 16.0 Å². The summed E-state index contributed by atoms with van der Waals surface area (Å²) in [5, 5.41) is 17.0. The average molecular weight is 426 g/mol. The van der Waals surface area contributed by atoms with E-state index in [1.807, 2.05) is 72.8 Å². The Morgan fingerprint density at radius 1 is 1.00 bits per heavy atom. The number of nitrogens with zero attached hydrogens (tertiary/aromatic N) is 2. The van der Waals surface area contributed by atoms with Crippen molar-refractivity contribution in [3.63, 3.8) is 0 Å². The molecular weight excluding hydrogens is 404 g/mol. The summed E-state index contributed by atoms with van der Waals surface area (Å²) in [5.74, 6) is -0.475. The van der Waals surface area contributed by atoms with Crippen LogP contribution in [0.1, 0.15) is 5.56 Å². The minimum atomic E-state index is -0.632. The first-order chi connectivity index (χ1) is 15.5. The second-order valence-corrected chi connectivity index (χ2v) is 7.18. The highest BCUT2D eigenvalue weighted by atomic mass is 16.2. The molecule has 4 N–H and O–H groups in total. The van der Waals surface area contributed by atoms with Gasteiger partial charge < -0.3 is 10.6 Å². The van der Waals surface area contributed by atoms with Crippen molar-refractivity contribution < 1.29 is 9.59 Å². The fraction of sp³-hybridized carbons (Fsp3) is 0.0833. The normalized spacial score (nSPS) is 15.3. The van der Waals surface area contributed by atoms with Gasteiger partial charge in [0.2, 0.25) is 0 Å². The minimum absolute atomic E-state index is 0.0565. The Morgan fingerprint density at radius 3 is 2.41 bits per heavy atom. The number of likely N-dealkylation sites (N-methyl/N-ethyl adjacent to an activating group) is 1. The molecule has 2 aromatic carbocycles. The lowest BCUT2D eigenvalue weighted by molar-refractivity contribution is -0.123. The zero-order valence-electron chi connectivity index (χ0n) is 17.4. The number of hydrogen-bond acceptors (Lipinski definition) is 6. The maximum absolute atomic E-state index is 12.8. The summed E-state index contributed by atoms with van der Waals surface area (Å²) in [5.41, 5.74) is 3.67. The molecule has 1 fully saturated rings. The highest BCUT2D eigenvalue weighted by Crippen LogP contribution is 2.19. The number of aromatic nitrogens is 1. The molecule has 1 aromatic heterocycles. The molecule has 3 amide bonds. The van der Waals surface area contributed by atoms with Gasteiger partial charge in [-0.05, 0) is 29.8 Å². The van der Waals surface area contributed by atoms with Crippen LogP contribution in [0.25, 0.3) is 11.3 Å². The summed E-state index contributed by atoms with van der Waals surface area (Å²) in [6.07, 6.45) is 1.75. The van der Waals surface area contributed by atoms with Gasteiger partial charge in [-0.1, -0.05) is 48.5 Å². The standard InChI is InChI=1S/C24H22N6O2/c1-30-23(31)20(21(25)29-24(30)32)22(28-18-7-3-2-4-8-18)27-15-16-10-12-17(13-11-16)19-9-5-6-14-26-19/h2-14,27-28H,15H2,1H3,(H2,25,29,32)/b22-20-. The Morgan fingerprint density at radius 2 is 1.72 bits per heavy atom. The van der Waals surface area contributed by atoms with E-state index in [4.69, 9.17) is 5.41 Å². The van der Waals surface area contributed by atoms with Gasteiger partial charge in [-0.3, -0.25) is 25.4 Å². The predicted octanol–water partition coefficient (Wildman–Crippen LogP) is 3.32. The molecule has 160 valence electrons. The van der Waals surface area contributed by atoms with Gasteiger partial charge in [-0.15, -0.1) is 0 Å². The topological polar surface area (TPSA) is 110 Å². The fourth-order valence-corrected chi connectivity index (χ4v) is 3.23. The van der Waals surface area contributed by atoms with Crippen molar-refractivity contribution in [3.05, 3.63) is 96.0 Å². The first-order valence-corrected chi connectivity index (χ1v) is 10.0. The van der Waals surface area contributed by atoms with E-state index in [2.05, 4.69) is 20.9 Å². The first kappa shape index (κ1) is 20.8. The lowest BCUT2D eigenvalue weighted by Crippen LogP contribution is -2.53. The number of para-hydroxylation sites is 1. The quantitative estimate of drug-likeness (QED) is 0.452. The average Bonchev–Trinajstić information content (AvgIpc) is 2.82. The SMILES string of the molecule is CN1C(=O)NC(=N)/C(=C(\NCc2ccc(-c3ccccn3)cc2)Nc2ccccc2)C1=O. The van der Waals surface area contributed by atoms with Crippen molar-refractivity contribution in [2.75, 3.05) is 12.4 Å². The molecule has 0 atom stereocenters. The lowest BCUT2D eigenvalue weighted by atomic mass is 10.1. The highest BCUT2D eigenvalue weighted by Gasteiger charge is 2.33. The van der Waals surface area contributed by atoms with E-state index in [0.717, 1.165) is 27.4 Å². The number of pyridine rings is 1. The van der Waals surface area contributed by atoms with Gasteiger partial charge in [0, 0.05) is 31.0 Å². The molecule has 0 bridgehead atoms. The predicted molar refractivity (Wildman–Crippen MR) is 123 cm³/mol. The van der Waals surface area contributed by atoms with Crippen molar-refractivity contribution in [1.82, 2.24) is 20.5 Å². The third kappa shape index (κ3) is 4.49. The largest absolute Gasteiger partial charge is 0.367 e. The van der Waals surface area contributed by atoms with E-state index in [9.17, 15) is 9.59 Å². The van der Waals surface area contributed by atoms with Gasteiger partial charge >= 0.3 is 6.03 Å². The van der Waals surface area contributed by atoms with Crippen LogP contribution in [0.5, 0.6) is 0 Å². The van der Waals surface area contributed by atoms with Crippen molar-refractivity contribution in [2.45, 2.75) is 6.54 Å². The second-order valence-electron chi connectivity index (χ2n) is 7.18. The molecule has 0 saturated carbocycles. The lowest BCUT2D eigenvalue weighted by Gasteiger charge is -2.27. The molecule has 8 heteroatoms. The second kappa shape index (κ2) is 9.13. The number of amidine groups is 1. The maximum atomic E-state index is 12.8. The van der Waals surface area contributed by atoms with E-state index in [0.29, 0.717) is 12.4 Å². The van der Waals surface area contributed by atoms with Gasteiger partial charge in [-0.25, -0.2) is 4.79 Å². The summed E-state index contributed by atoms with van der Waals surface area (Å²) in [6, 6.07) is 22.4. The summed E-state index contributed by atoms with van der Waals surface area (Å²) in [6.45, 7) is 0.402. The fourth-order valence-electron chi connectivity index (χ4n) is 3.23. The van der Waals surface area contributed by atoms with Gasteiger partial charge in [0.15, 0.2) is 0 Å². The van der Waals surface area contributed by atoms with Crippen molar-refractivity contribution in [3.8, 4) is 11.3 Å². The number of benzene rings is 2. The highest BCUT2D eigenvalue weighted by molar-refractivity contribution is 6.30. The number of imide groups is 1. The van der Waals surface area contributed by atoms with E-state index in [1.165, 1.54) is 7.05 Å². The number of amides is 3. The Balaban J connectivity index is 1.59. The minimum Gasteiger partial charge on any atom is -0.367 e. The molecule has 1 saturated heterocycles. The van der Waals surface area contributed by atoms with Gasteiger partial charge in [0.1, 0.15) is 17.2 Å². The molecule has 4 rings (SSSR count). The third-order valence-corrected chi connectivity index (χ3v) is 4.98.